The summed E-state index contributed by atoms with van der Waals surface area (Å²) in [5.41, 5.74) is 0.881. The zero-order valence-electron chi connectivity index (χ0n) is 7.87. The van der Waals surface area contributed by atoms with Crippen molar-refractivity contribution in [3.05, 3.63) is 40.9 Å². The largest absolute Gasteiger partial charge is 0.295 e. The number of hydrogen-bond acceptors (Lipinski definition) is 1. The molecule has 76 valence electrons. The van der Waals surface area contributed by atoms with Gasteiger partial charge >= 0.3 is 0 Å². The summed E-state index contributed by atoms with van der Waals surface area (Å²) in [4.78, 5) is 11.0. The van der Waals surface area contributed by atoms with E-state index in [9.17, 15) is 4.79 Å². The fourth-order valence-electron chi connectivity index (χ4n) is 0.911. The lowest BCUT2D eigenvalue weighted by Crippen LogP contribution is -1.86. The van der Waals surface area contributed by atoms with Gasteiger partial charge in [0.25, 0.3) is 0 Å². The lowest BCUT2D eigenvalue weighted by Gasteiger charge is -1.95. The van der Waals surface area contributed by atoms with Crippen LogP contribution in [0.1, 0.15) is 18.9 Å². The fourth-order valence-corrected chi connectivity index (χ4v) is 1.11. The minimum atomic E-state index is 0. The molecule has 1 rings (SSSR count). The topological polar surface area (TPSA) is 17.1 Å². The van der Waals surface area contributed by atoms with Gasteiger partial charge in [0.2, 0.25) is 0 Å². The van der Waals surface area contributed by atoms with Gasteiger partial charge in [-0.05, 0) is 23.8 Å². The van der Waals surface area contributed by atoms with Crippen molar-refractivity contribution in [1.82, 2.24) is 0 Å². The standard InChI is InChI=1S/C11H11ClO.ClH/c1-2-10(13)8-7-9-5-3-4-6-11(9)12;/h3-8H,2H2,1H3;1H. The first-order chi connectivity index (χ1) is 6.24. The third-order valence-corrected chi connectivity index (χ3v) is 2.05. The van der Waals surface area contributed by atoms with Gasteiger partial charge < -0.3 is 0 Å². The number of carbonyl (C=O) groups is 1. The van der Waals surface area contributed by atoms with Crippen molar-refractivity contribution in [2.45, 2.75) is 13.3 Å². The van der Waals surface area contributed by atoms with Gasteiger partial charge in [-0.25, -0.2) is 0 Å². The van der Waals surface area contributed by atoms with E-state index in [2.05, 4.69) is 0 Å². The first-order valence-electron chi connectivity index (χ1n) is 4.19. The van der Waals surface area contributed by atoms with Crippen LogP contribution in [0.25, 0.3) is 6.08 Å². The predicted molar refractivity (Wildman–Crippen MR) is 63.0 cm³/mol. The van der Waals surface area contributed by atoms with Crippen LogP contribution in [0.2, 0.25) is 5.02 Å². The van der Waals surface area contributed by atoms with Crippen LogP contribution in [0.3, 0.4) is 0 Å². The smallest absolute Gasteiger partial charge is 0.155 e. The Morgan fingerprint density at radius 1 is 1.43 bits per heavy atom. The van der Waals surface area contributed by atoms with E-state index in [0.717, 1.165) is 5.56 Å². The summed E-state index contributed by atoms with van der Waals surface area (Å²) in [6.45, 7) is 1.83. The molecule has 1 aromatic carbocycles. The van der Waals surface area contributed by atoms with Crippen LogP contribution in [-0.4, -0.2) is 5.78 Å². The third-order valence-electron chi connectivity index (χ3n) is 1.70. The summed E-state index contributed by atoms with van der Waals surface area (Å²) in [5.74, 6) is 0.111. The van der Waals surface area contributed by atoms with E-state index >= 15 is 0 Å². The average Bonchev–Trinajstić information content (AvgIpc) is 2.16. The van der Waals surface area contributed by atoms with Gasteiger partial charge in [-0.1, -0.05) is 36.7 Å². The van der Waals surface area contributed by atoms with Gasteiger partial charge in [-0.3, -0.25) is 4.79 Å². The SMILES string of the molecule is CCC(=O)C=Cc1ccccc1Cl.Cl. The van der Waals surface area contributed by atoms with Gasteiger partial charge in [-0.2, -0.15) is 0 Å². The average molecular weight is 231 g/mol. The molecule has 3 heteroatoms. The van der Waals surface area contributed by atoms with Gasteiger partial charge in [0.05, 0.1) is 0 Å². The zero-order valence-corrected chi connectivity index (χ0v) is 9.44. The number of hydrogen-bond donors (Lipinski definition) is 0. The normalized spacial score (nSPS) is 9.86. The van der Waals surface area contributed by atoms with Crippen molar-refractivity contribution >= 4 is 35.9 Å². The molecule has 0 saturated carbocycles. The monoisotopic (exact) mass is 230 g/mol. The number of ketones is 1. The van der Waals surface area contributed by atoms with Crippen molar-refractivity contribution in [1.29, 1.82) is 0 Å². The number of carbonyl (C=O) groups excluding carboxylic acids is 1. The molecule has 0 spiro atoms. The molecule has 0 N–H and O–H groups in total. The first-order valence-corrected chi connectivity index (χ1v) is 4.57. The number of allylic oxidation sites excluding steroid dienone is 1. The van der Waals surface area contributed by atoms with Gasteiger partial charge in [-0.15, -0.1) is 12.4 Å². The van der Waals surface area contributed by atoms with Crippen molar-refractivity contribution in [3.63, 3.8) is 0 Å². The molecular formula is C11H12Cl2O. The van der Waals surface area contributed by atoms with Crippen LogP contribution in [0.15, 0.2) is 30.3 Å². The van der Waals surface area contributed by atoms with Crippen LogP contribution in [0.4, 0.5) is 0 Å². The number of benzene rings is 1. The minimum absolute atomic E-state index is 0. The maximum Gasteiger partial charge on any atom is 0.155 e. The Morgan fingerprint density at radius 3 is 2.64 bits per heavy atom. The maximum absolute atomic E-state index is 11.0. The van der Waals surface area contributed by atoms with Crippen molar-refractivity contribution in [2.75, 3.05) is 0 Å². The molecule has 1 aromatic rings. The summed E-state index contributed by atoms with van der Waals surface area (Å²) in [7, 11) is 0. The van der Waals surface area contributed by atoms with Crippen molar-refractivity contribution < 1.29 is 4.79 Å². The Balaban J connectivity index is 0.00000169. The maximum atomic E-state index is 11.0. The Labute approximate surface area is 95.2 Å². The predicted octanol–water partition coefficient (Wildman–Crippen LogP) is 3.75. The highest BCUT2D eigenvalue weighted by atomic mass is 35.5. The quantitative estimate of drug-likeness (QED) is 0.724. The number of halogens is 2. The Morgan fingerprint density at radius 2 is 2.07 bits per heavy atom. The summed E-state index contributed by atoms with van der Waals surface area (Å²) < 4.78 is 0. The van der Waals surface area contributed by atoms with Gasteiger partial charge in [0.1, 0.15) is 0 Å². The molecule has 0 unspecified atom stereocenters. The molecule has 0 radical (unpaired) electrons. The molecule has 0 aliphatic heterocycles. The molecule has 0 bridgehead atoms. The van der Waals surface area contributed by atoms with Crippen LogP contribution < -0.4 is 0 Å². The van der Waals surface area contributed by atoms with E-state index < -0.39 is 0 Å². The van der Waals surface area contributed by atoms with Gasteiger partial charge in [0, 0.05) is 11.4 Å². The summed E-state index contributed by atoms with van der Waals surface area (Å²) >= 11 is 5.89. The summed E-state index contributed by atoms with van der Waals surface area (Å²) in [5, 5.41) is 0.669. The van der Waals surface area contributed by atoms with E-state index in [-0.39, 0.29) is 18.2 Å². The van der Waals surface area contributed by atoms with E-state index in [4.69, 9.17) is 11.6 Å². The van der Waals surface area contributed by atoms with E-state index in [1.165, 1.54) is 0 Å². The van der Waals surface area contributed by atoms with E-state index in [1.807, 2.05) is 25.1 Å². The zero-order chi connectivity index (χ0) is 9.68. The molecule has 1 nitrogen and oxygen atoms in total. The Kier molecular flexibility index (Phi) is 6.26. The first kappa shape index (κ1) is 13.2. The lowest BCUT2D eigenvalue weighted by atomic mass is 10.2. The molecule has 0 amide bonds. The molecular weight excluding hydrogens is 219 g/mol. The fraction of sp³-hybridized carbons (Fsp3) is 0.182. The second-order valence-corrected chi connectivity index (χ2v) is 3.08. The molecule has 0 fully saturated rings. The molecule has 0 aromatic heterocycles. The summed E-state index contributed by atoms with van der Waals surface area (Å²) in [6, 6.07) is 7.43. The third kappa shape index (κ3) is 3.95. The highest BCUT2D eigenvalue weighted by Crippen LogP contribution is 2.16. The van der Waals surface area contributed by atoms with Crippen LogP contribution in [0, 0.1) is 0 Å². The van der Waals surface area contributed by atoms with Crippen molar-refractivity contribution in [2.24, 2.45) is 0 Å². The molecule has 0 heterocycles. The Bertz CT molecular complexity index is 332. The van der Waals surface area contributed by atoms with Crippen LogP contribution >= 0.6 is 24.0 Å². The number of rotatable bonds is 3. The van der Waals surface area contributed by atoms with Crippen LogP contribution in [0.5, 0.6) is 0 Å². The second-order valence-electron chi connectivity index (χ2n) is 2.67. The van der Waals surface area contributed by atoms with E-state index in [1.54, 1.807) is 18.2 Å². The second kappa shape index (κ2) is 6.63. The molecule has 14 heavy (non-hydrogen) atoms. The summed E-state index contributed by atoms with van der Waals surface area (Å²) in [6.07, 6.45) is 3.83. The molecule has 0 atom stereocenters. The minimum Gasteiger partial charge on any atom is -0.295 e. The van der Waals surface area contributed by atoms with Gasteiger partial charge in [0.15, 0.2) is 5.78 Å². The molecule has 0 aliphatic rings. The van der Waals surface area contributed by atoms with Crippen LogP contribution in [-0.2, 0) is 4.79 Å². The highest BCUT2D eigenvalue weighted by molar-refractivity contribution is 6.32. The lowest BCUT2D eigenvalue weighted by molar-refractivity contribution is -0.114. The Hall–Kier alpha value is -0.790. The van der Waals surface area contributed by atoms with E-state index in [0.29, 0.717) is 11.4 Å². The molecule has 0 saturated heterocycles. The van der Waals surface area contributed by atoms with Crippen molar-refractivity contribution in [3.8, 4) is 0 Å². The highest BCUT2D eigenvalue weighted by Gasteiger charge is 1.94. The molecule has 0 aliphatic carbocycles.